The molecule has 2 aromatic rings. The van der Waals surface area contributed by atoms with Crippen LogP contribution in [0.15, 0.2) is 41.3 Å². The molecule has 1 amide bonds. The zero-order valence-electron chi connectivity index (χ0n) is 12.5. The Hall–Kier alpha value is -2.12. The van der Waals surface area contributed by atoms with Gasteiger partial charge in [0.15, 0.2) is 0 Å². The Morgan fingerprint density at radius 3 is 2.36 bits per heavy atom. The lowest BCUT2D eigenvalue weighted by Gasteiger charge is -2.20. The minimum absolute atomic E-state index is 0.00477. The summed E-state index contributed by atoms with van der Waals surface area (Å²) in [6, 6.07) is 9.70. The van der Waals surface area contributed by atoms with Gasteiger partial charge in [0, 0.05) is 5.39 Å². The molecule has 7 heteroatoms. The predicted molar refractivity (Wildman–Crippen MR) is 83.6 cm³/mol. The highest BCUT2D eigenvalue weighted by atomic mass is 32.2. The summed E-state index contributed by atoms with van der Waals surface area (Å²) in [5, 5.41) is 3.63. The Morgan fingerprint density at radius 1 is 1.14 bits per heavy atom. The molecule has 2 N–H and O–H groups in total. The Labute approximate surface area is 128 Å². The third kappa shape index (κ3) is 3.75. The zero-order chi connectivity index (χ0) is 16.5. The molecule has 0 radical (unpaired) electrons. The van der Waals surface area contributed by atoms with E-state index in [9.17, 15) is 17.8 Å². The number of hydrogen-bond donors (Lipinski definition) is 2. The van der Waals surface area contributed by atoms with Gasteiger partial charge in [-0.15, -0.1) is 0 Å². The van der Waals surface area contributed by atoms with Crippen molar-refractivity contribution >= 4 is 32.7 Å². The van der Waals surface area contributed by atoms with E-state index in [1.54, 1.807) is 51.1 Å². The molecule has 0 heterocycles. The van der Waals surface area contributed by atoms with Crippen LogP contribution in [0.5, 0.6) is 0 Å². The largest absolute Gasteiger partial charge is 0.444 e. The third-order valence-electron chi connectivity index (χ3n) is 2.79. The predicted octanol–water partition coefficient (Wildman–Crippen LogP) is 3.43. The highest BCUT2D eigenvalue weighted by Gasteiger charge is 2.22. The molecular formula is C15H17NO5S. The maximum absolute atomic E-state index is 11.9. The topological polar surface area (TPSA) is 92.7 Å². The van der Waals surface area contributed by atoms with Crippen molar-refractivity contribution in [2.75, 3.05) is 5.32 Å². The molecule has 2 rings (SSSR count). The second-order valence-electron chi connectivity index (χ2n) is 5.76. The molecule has 2 aromatic carbocycles. The quantitative estimate of drug-likeness (QED) is 0.826. The zero-order valence-corrected chi connectivity index (χ0v) is 13.3. The maximum atomic E-state index is 11.9. The van der Waals surface area contributed by atoms with Crippen LogP contribution in [0, 0.1) is 0 Å². The van der Waals surface area contributed by atoms with E-state index in [0.717, 1.165) is 5.39 Å². The van der Waals surface area contributed by atoms with Crippen molar-refractivity contribution in [3.05, 3.63) is 36.4 Å². The number of rotatable bonds is 2. The summed E-state index contributed by atoms with van der Waals surface area (Å²) in [5.41, 5.74) is -0.734. The fourth-order valence-corrected chi connectivity index (χ4v) is 2.66. The highest BCUT2D eigenvalue weighted by Crippen LogP contribution is 2.31. The Bertz CT molecular complexity index is 821. The summed E-state index contributed by atoms with van der Waals surface area (Å²) in [4.78, 5) is 11.6. The summed E-state index contributed by atoms with van der Waals surface area (Å²) in [6.07, 6.45) is -0.797. The molecule has 22 heavy (non-hydrogen) atoms. The summed E-state index contributed by atoms with van der Waals surface area (Å²) in [5.74, 6) is 0. The van der Waals surface area contributed by atoms with E-state index in [2.05, 4.69) is 5.32 Å². The van der Waals surface area contributed by atoms with E-state index in [0.29, 0.717) is 5.39 Å². The van der Waals surface area contributed by atoms with Gasteiger partial charge >= 0.3 is 6.09 Å². The molecule has 6 nitrogen and oxygen atoms in total. The van der Waals surface area contributed by atoms with Crippen molar-refractivity contribution in [3.8, 4) is 0 Å². The molecule has 0 unspecified atom stereocenters. The van der Waals surface area contributed by atoms with Crippen molar-refractivity contribution < 1.29 is 22.5 Å². The molecule has 0 aliphatic carbocycles. The van der Waals surface area contributed by atoms with E-state index >= 15 is 0 Å². The molecule has 0 aromatic heterocycles. The Kier molecular flexibility index (Phi) is 4.12. The van der Waals surface area contributed by atoms with Gasteiger partial charge in [-0.05, 0) is 32.2 Å². The van der Waals surface area contributed by atoms with Gasteiger partial charge in [0.1, 0.15) is 10.5 Å². The molecule has 0 aliphatic rings. The van der Waals surface area contributed by atoms with E-state index in [-0.39, 0.29) is 10.6 Å². The maximum Gasteiger partial charge on any atom is 0.412 e. The standard InChI is InChI=1S/C15H17NO5S/c1-15(2,3)21-14(17)16-13-11-7-5-4-6-10(11)8-9-12(13)22(18,19)20/h4-9H,1-3H3,(H,16,17)(H,18,19,20). The summed E-state index contributed by atoms with van der Waals surface area (Å²) in [7, 11) is -4.48. The fraction of sp³-hybridized carbons (Fsp3) is 0.267. The van der Waals surface area contributed by atoms with Crippen LogP contribution in [-0.2, 0) is 14.9 Å². The number of carbonyl (C=O) groups excluding carboxylic acids is 1. The van der Waals surface area contributed by atoms with Gasteiger partial charge in [-0.25, -0.2) is 4.79 Å². The summed E-state index contributed by atoms with van der Waals surface area (Å²) in [6.45, 7) is 5.08. The molecule has 0 aliphatic heterocycles. The minimum Gasteiger partial charge on any atom is -0.444 e. The second kappa shape index (κ2) is 5.58. The van der Waals surface area contributed by atoms with E-state index in [1.165, 1.54) is 6.07 Å². The van der Waals surface area contributed by atoms with Crippen LogP contribution in [0.2, 0.25) is 0 Å². The van der Waals surface area contributed by atoms with Gasteiger partial charge in [-0.3, -0.25) is 9.87 Å². The number of anilines is 1. The van der Waals surface area contributed by atoms with Crippen molar-refractivity contribution in [3.63, 3.8) is 0 Å². The number of nitrogens with one attached hydrogen (secondary N) is 1. The molecular weight excluding hydrogens is 306 g/mol. The van der Waals surface area contributed by atoms with Gasteiger partial charge in [0.25, 0.3) is 10.1 Å². The van der Waals surface area contributed by atoms with Crippen molar-refractivity contribution in [2.45, 2.75) is 31.3 Å². The second-order valence-corrected chi connectivity index (χ2v) is 7.15. The number of benzene rings is 2. The van der Waals surface area contributed by atoms with Gasteiger partial charge in [-0.1, -0.05) is 30.3 Å². The number of amides is 1. The molecule has 0 atom stereocenters. The van der Waals surface area contributed by atoms with Gasteiger partial charge in [0.2, 0.25) is 0 Å². The number of carbonyl (C=O) groups is 1. The van der Waals surface area contributed by atoms with Crippen molar-refractivity contribution in [2.24, 2.45) is 0 Å². The lowest BCUT2D eigenvalue weighted by Crippen LogP contribution is -2.27. The lowest BCUT2D eigenvalue weighted by atomic mass is 10.1. The average Bonchev–Trinajstić information content (AvgIpc) is 2.35. The van der Waals surface area contributed by atoms with Crippen molar-refractivity contribution in [1.29, 1.82) is 0 Å². The minimum atomic E-state index is -4.48. The van der Waals surface area contributed by atoms with Gasteiger partial charge < -0.3 is 4.74 Å². The van der Waals surface area contributed by atoms with E-state index < -0.39 is 21.8 Å². The number of ether oxygens (including phenoxy) is 1. The summed E-state index contributed by atoms with van der Waals surface area (Å²) >= 11 is 0. The van der Waals surface area contributed by atoms with Crippen LogP contribution in [0.4, 0.5) is 10.5 Å². The van der Waals surface area contributed by atoms with Crippen LogP contribution < -0.4 is 5.32 Å². The first-order valence-electron chi connectivity index (χ1n) is 6.57. The van der Waals surface area contributed by atoms with Crippen LogP contribution in [0.1, 0.15) is 20.8 Å². The highest BCUT2D eigenvalue weighted by molar-refractivity contribution is 7.86. The molecule has 0 fully saturated rings. The van der Waals surface area contributed by atoms with Crippen LogP contribution in [-0.4, -0.2) is 24.7 Å². The van der Waals surface area contributed by atoms with E-state index in [1.807, 2.05) is 0 Å². The summed E-state index contributed by atoms with van der Waals surface area (Å²) < 4.78 is 37.5. The average molecular weight is 323 g/mol. The molecule has 0 saturated carbocycles. The first kappa shape index (κ1) is 16.3. The van der Waals surface area contributed by atoms with Gasteiger partial charge in [0.05, 0.1) is 5.69 Å². The monoisotopic (exact) mass is 323 g/mol. The molecule has 0 bridgehead atoms. The van der Waals surface area contributed by atoms with Gasteiger partial charge in [-0.2, -0.15) is 8.42 Å². The first-order valence-corrected chi connectivity index (χ1v) is 8.01. The molecule has 0 spiro atoms. The number of fused-ring (bicyclic) bond motifs is 1. The first-order chi connectivity index (χ1) is 10.1. The molecule has 0 saturated heterocycles. The van der Waals surface area contributed by atoms with E-state index in [4.69, 9.17) is 4.74 Å². The van der Waals surface area contributed by atoms with Crippen LogP contribution >= 0.6 is 0 Å². The fourth-order valence-electron chi connectivity index (χ4n) is 2.00. The smallest absolute Gasteiger partial charge is 0.412 e. The SMILES string of the molecule is CC(C)(C)OC(=O)Nc1c(S(=O)(=O)O)ccc2ccccc12. The Morgan fingerprint density at radius 2 is 1.77 bits per heavy atom. The normalized spacial score (nSPS) is 12.2. The van der Waals surface area contributed by atoms with Crippen LogP contribution in [0.3, 0.4) is 0 Å². The number of hydrogen-bond acceptors (Lipinski definition) is 4. The Balaban J connectivity index is 2.56. The van der Waals surface area contributed by atoms with Crippen molar-refractivity contribution in [1.82, 2.24) is 0 Å². The lowest BCUT2D eigenvalue weighted by molar-refractivity contribution is 0.0636. The molecule has 118 valence electrons. The van der Waals surface area contributed by atoms with Crippen LogP contribution in [0.25, 0.3) is 10.8 Å². The third-order valence-corrected chi connectivity index (χ3v) is 3.69.